The topological polar surface area (TPSA) is 67.6 Å². The van der Waals surface area contributed by atoms with Crippen LogP contribution in [0.5, 0.6) is 0 Å². The van der Waals surface area contributed by atoms with E-state index in [1.165, 1.54) is 0 Å². The smallest absolute Gasteiger partial charge is 0.220 e. The number of hydrogen-bond donors (Lipinski definition) is 2. The first-order valence-corrected chi connectivity index (χ1v) is 7.01. The Morgan fingerprint density at radius 1 is 1.39 bits per heavy atom. The van der Waals surface area contributed by atoms with Crippen LogP contribution in [0.1, 0.15) is 32.6 Å². The van der Waals surface area contributed by atoms with Crippen molar-refractivity contribution in [1.29, 1.82) is 0 Å². The molecule has 0 aliphatic carbocycles. The summed E-state index contributed by atoms with van der Waals surface area (Å²) in [5.74, 6) is 0.124. The number of ether oxygens (including phenoxy) is 1. The lowest BCUT2D eigenvalue weighted by Gasteiger charge is -2.26. The van der Waals surface area contributed by atoms with Crippen LogP contribution in [-0.4, -0.2) is 56.2 Å². The normalized spacial score (nSPS) is 18.6. The number of nitrogens with two attached hydrogens (primary N) is 1. The second-order valence-electron chi connectivity index (χ2n) is 5.03. The van der Waals surface area contributed by atoms with Gasteiger partial charge >= 0.3 is 0 Å². The molecule has 1 heterocycles. The summed E-state index contributed by atoms with van der Waals surface area (Å²) >= 11 is 0. The largest absolute Gasteiger partial charge is 0.379 e. The predicted molar refractivity (Wildman–Crippen MR) is 72.4 cm³/mol. The molecule has 3 N–H and O–H groups in total. The SMILES string of the molecule is CC(N)CCC(=O)NCCCCN1CCOCC1. The zero-order chi connectivity index (χ0) is 13.2. The second kappa shape index (κ2) is 9.30. The van der Waals surface area contributed by atoms with Crippen LogP contribution in [0.3, 0.4) is 0 Å². The van der Waals surface area contributed by atoms with Crippen molar-refractivity contribution < 1.29 is 9.53 Å². The van der Waals surface area contributed by atoms with Gasteiger partial charge in [-0.3, -0.25) is 9.69 Å². The maximum Gasteiger partial charge on any atom is 0.220 e. The van der Waals surface area contributed by atoms with E-state index >= 15 is 0 Å². The standard InChI is InChI=1S/C13H27N3O2/c1-12(14)4-5-13(17)15-6-2-3-7-16-8-10-18-11-9-16/h12H,2-11,14H2,1H3,(H,15,17). The average molecular weight is 257 g/mol. The monoisotopic (exact) mass is 257 g/mol. The van der Waals surface area contributed by atoms with Crippen molar-refractivity contribution in [2.75, 3.05) is 39.4 Å². The summed E-state index contributed by atoms with van der Waals surface area (Å²) < 4.78 is 5.30. The summed E-state index contributed by atoms with van der Waals surface area (Å²) in [7, 11) is 0. The Morgan fingerprint density at radius 3 is 2.78 bits per heavy atom. The van der Waals surface area contributed by atoms with Crippen molar-refractivity contribution in [2.45, 2.75) is 38.6 Å². The highest BCUT2D eigenvalue weighted by molar-refractivity contribution is 5.75. The van der Waals surface area contributed by atoms with E-state index in [1.807, 2.05) is 6.92 Å². The number of nitrogens with one attached hydrogen (secondary N) is 1. The first-order valence-electron chi connectivity index (χ1n) is 7.01. The third-order valence-electron chi connectivity index (χ3n) is 3.15. The molecule has 1 aliphatic heterocycles. The van der Waals surface area contributed by atoms with Crippen LogP contribution in [0, 0.1) is 0 Å². The van der Waals surface area contributed by atoms with E-state index in [0.717, 1.165) is 58.7 Å². The van der Waals surface area contributed by atoms with E-state index in [4.69, 9.17) is 10.5 Å². The van der Waals surface area contributed by atoms with E-state index < -0.39 is 0 Å². The van der Waals surface area contributed by atoms with Gasteiger partial charge in [0, 0.05) is 32.1 Å². The highest BCUT2D eigenvalue weighted by atomic mass is 16.5. The Balaban J connectivity index is 1.89. The summed E-state index contributed by atoms with van der Waals surface area (Å²) in [6.07, 6.45) is 3.48. The lowest BCUT2D eigenvalue weighted by atomic mass is 10.2. The number of hydrogen-bond acceptors (Lipinski definition) is 4. The molecule has 1 aliphatic rings. The van der Waals surface area contributed by atoms with Gasteiger partial charge in [0.2, 0.25) is 5.91 Å². The summed E-state index contributed by atoms with van der Waals surface area (Å²) in [4.78, 5) is 13.8. The van der Waals surface area contributed by atoms with Gasteiger partial charge in [0.25, 0.3) is 0 Å². The van der Waals surface area contributed by atoms with E-state index in [0.29, 0.717) is 6.42 Å². The van der Waals surface area contributed by atoms with Gasteiger partial charge in [0.1, 0.15) is 0 Å². The number of carbonyl (C=O) groups is 1. The van der Waals surface area contributed by atoms with E-state index in [2.05, 4.69) is 10.2 Å². The molecule has 1 unspecified atom stereocenters. The fraction of sp³-hybridized carbons (Fsp3) is 0.923. The van der Waals surface area contributed by atoms with Gasteiger partial charge in [-0.25, -0.2) is 0 Å². The minimum absolute atomic E-state index is 0.108. The van der Waals surface area contributed by atoms with E-state index in [9.17, 15) is 4.79 Å². The predicted octanol–water partition coefficient (Wildman–Crippen LogP) is 0.342. The Bertz CT molecular complexity index is 228. The zero-order valence-corrected chi connectivity index (χ0v) is 11.5. The summed E-state index contributed by atoms with van der Waals surface area (Å²) in [5, 5.41) is 2.94. The lowest BCUT2D eigenvalue weighted by Crippen LogP contribution is -2.37. The molecule has 0 aromatic carbocycles. The first-order chi connectivity index (χ1) is 8.68. The molecule has 0 bridgehead atoms. The molecule has 5 nitrogen and oxygen atoms in total. The van der Waals surface area contributed by atoms with E-state index in [1.54, 1.807) is 0 Å². The maximum atomic E-state index is 11.4. The molecule has 0 aromatic heterocycles. The Morgan fingerprint density at radius 2 is 2.11 bits per heavy atom. The van der Waals surface area contributed by atoms with Crippen molar-refractivity contribution in [3.05, 3.63) is 0 Å². The fourth-order valence-electron chi connectivity index (χ4n) is 1.96. The molecule has 18 heavy (non-hydrogen) atoms. The second-order valence-corrected chi connectivity index (χ2v) is 5.03. The molecular weight excluding hydrogens is 230 g/mol. The Hall–Kier alpha value is -0.650. The lowest BCUT2D eigenvalue weighted by molar-refractivity contribution is -0.121. The van der Waals surface area contributed by atoms with Crippen LogP contribution in [0.4, 0.5) is 0 Å². The minimum Gasteiger partial charge on any atom is -0.379 e. The van der Waals surface area contributed by atoms with Crippen molar-refractivity contribution in [3.8, 4) is 0 Å². The van der Waals surface area contributed by atoms with Crippen LogP contribution < -0.4 is 11.1 Å². The van der Waals surface area contributed by atoms with Crippen molar-refractivity contribution in [1.82, 2.24) is 10.2 Å². The molecular formula is C13H27N3O2. The summed E-state index contributed by atoms with van der Waals surface area (Å²) in [5.41, 5.74) is 5.60. The fourth-order valence-corrected chi connectivity index (χ4v) is 1.96. The van der Waals surface area contributed by atoms with Crippen molar-refractivity contribution in [2.24, 2.45) is 5.73 Å². The molecule has 0 saturated carbocycles. The number of rotatable bonds is 8. The number of unbranched alkanes of at least 4 members (excludes halogenated alkanes) is 1. The molecule has 0 radical (unpaired) electrons. The molecule has 1 atom stereocenters. The highest BCUT2D eigenvalue weighted by Crippen LogP contribution is 1.99. The van der Waals surface area contributed by atoms with Crippen molar-refractivity contribution >= 4 is 5.91 Å². The third kappa shape index (κ3) is 7.63. The molecule has 1 rings (SSSR count). The third-order valence-corrected chi connectivity index (χ3v) is 3.15. The highest BCUT2D eigenvalue weighted by Gasteiger charge is 2.09. The quantitative estimate of drug-likeness (QED) is 0.615. The zero-order valence-electron chi connectivity index (χ0n) is 11.5. The molecule has 0 aromatic rings. The molecule has 106 valence electrons. The molecule has 1 amide bonds. The summed E-state index contributed by atoms with van der Waals surface area (Å²) in [6.45, 7) is 7.61. The van der Waals surface area contributed by atoms with Gasteiger partial charge in [0.15, 0.2) is 0 Å². The maximum absolute atomic E-state index is 11.4. The van der Waals surface area contributed by atoms with Crippen LogP contribution in [0.15, 0.2) is 0 Å². The number of morpholine rings is 1. The van der Waals surface area contributed by atoms with Crippen LogP contribution in [0.25, 0.3) is 0 Å². The van der Waals surface area contributed by atoms with Crippen LogP contribution >= 0.6 is 0 Å². The molecule has 0 spiro atoms. The van der Waals surface area contributed by atoms with Gasteiger partial charge in [-0.15, -0.1) is 0 Å². The van der Waals surface area contributed by atoms with Crippen LogP contribution in [0.2, 0.25) is 0 Å². The van der Waals surface area contributed by atoms with Gasteiger partial charge in [-0.05, 0) is 32.7 Å². The van der Waals surface area contributed by atoms with Gasteiger partial charge < -0.3 is 15.8 Å². The first kappa shape index (κ1) is 15.4. The average Bonchev–Trinajstić information content (AvgIpc) is 2.37. The van der Waals surface area contributed by atoms with E-state index in [-0.39, 0.29) is 11.9 Å². The van der Waals surface area contributed by atoms with Crippen molar-refractivity contribution in [3.63, 3.8) is 0 Å². The molecule has 5 heteroatoms. The minimum atomic E-state index is 0.108. The number of carbonyl (C=O) groups excluding carboxylic acids is 1. The Kier molecular flexibility index (Phi) is 7.96. The van der Waals surface area contributed by atoms with Gasteiger partial charge in [-0.1, -0.05) is 0 Å². The van der Waals surface area contributed by atoms with Gasteiger partial charge in [0.05, 0.1) is 13.2 Å². The number of amides is 1. The number of nitrogens with zero attached hydrogens (tertiary/aromatic N) is 1. The molecule has 1 saturated heterocycles. The van der Waals surface area contributed by atoms with Gasteiger partial charge in [-0.2, -0.15) is 0 Å². The summed E-state index contributed by atoms with van der Waals surface area (Å²) in [6, 6.07) is 0.108. The van der Waals surface area contributed by atoms with Crippen LogP contribution in [-0.2, 0) is 9.53 Å². The Labute approximate surface area is 110 Å². The molecule has 1 fully saturated rings.